The Balaban J connectivity index is 1.61. The molecule has 1 aromatic heterocycles. The molecular weight excluding hydrogens is 390 g/mol. The zero-order valence-corrected chi connectivity index (χ0v) is 17.7. The van der Waals surface area contributed by atoms with Crippen LogP contribution in [0.15, 0.2) is 66.4 Å². The van der Waals surface area contributed by atoms with Gasteiger partial charge in [-0.2, -0.15) is 0 Å². The molecule has 31 heavy (non-hydrogen) atoms. The third-order valence-corrected chi connectivity index (χ3v) is 5.42. The van der Waals surface area contributed by atoms with Crippen LogP contribution in [0.3, 0.4) is 0 Å². The van der Waals surface area contributed by atoms with Crippen molar-refractivity contribution in [2.75, 3.05) is 13.2 Å². The number of ether oxygens (including phenoxy) is 2. The van der Waals surface area contributed by atoms with E-state index in [0.717, 1.165) is 39.5 Å². The molecule has 5 nitrogen and oxygen atoms in total. The van der Waals surface area contributed by atoms with Gasteiger partial charge in [0.1, 0.15) is 11.5 Å². The molecule has 0 aliphatic heterocycles. The highest BCUT2D eigenvalue weighted by Crippen LogP contribution is 2.40. The summed E-state index contributed by atoms with van der Waals surface area (Å²) in [6.07, 6.45) is 2.62. The van der Waals surface area contributed by atoms with Crippen LogP contribution < -0.4 is 9.47 Å². The average molecular weight is 415 g/mol. The third kappa shape index (κ3) is 4.45. The lowest BCUT2D eigenvalue weighted by molar-refractivity contribution is -0.132. The topological polar surface area (TPSA) is 68.7 Å². The number of nitrogens with zero attached hydrogens (tertiary/aromatic N) is 1. The molecule has 0 saturated heterocycles. The van der Waals surface area contributed by atoms with Crippen molar-refractivity contribution >= 4 is 11.5 Å². The number of hydrogen-bond acceptors (Lipinski definition) is 4. The van der Waals surface area contributed by atoms with Crippen LogP contribution in [0.5, 0.6) is 11.5 Å². The van der Waals surface area contributed by atoms with Gasteiger partial charge >= 0.3 is 5.97 Å². The van der Waals surface area contributed by atoms with Gasteiger partial charge in [-0.1, -0.05) is 29.8 Å². The maximum atomic E-state index is 12.0. The maximum absolute atomic E-state index is 12.0. The molecule has 0 fully saturated rings. The number of pyridine rings is 1. The summed E-state index contributed by atoms with van der Waals surface area (Å²) in [5.74, 6) is 0.663. The highest BCUT2D eigenvalue weighted by Gasteiger charge is 2.28. The van der Waals surface area contributed by atoms with Crippen LogP contribution >= 0.6 is 0 Å². The van der Waals surface area contributed by atoms with Crippen molar-refractivity contribution < 1.29 is 19.4 Å². The Bertz CT molecular complexity index is 1130. The lowest BCUT2D eigenvalue weighted by Crippen LogP contribution is -2.04. The summed E-state index contributed by atoms with van der Waals surface area (Å²) < 4.78 is 11.5. The van der Waals surface area contributed by atoms with Gasteiger partial charge in [0.05, 0.1) is 18.9 Å². The highest BCUT2D eigenvalue weighted by atomic mass is 16.5. The molecule has 0 radical (unpaired) electrons. The van der Waals surface area contributed by atoms with Crippen LogP contribution in [0, 0.1) is 6.92 Å². The zero-order valence-electron chi connectivity index (χ0n) is 17.7. The van der Waals surface area contributed by atoms with Gasteiger partial charge in [0.2, 0.25) is 0 Å². The molecule has 1 aliphatic carbocycles. The first-order chi connectivity index (χ1) is 15.1. The largest absolute Gasteiger partial charge is 0.494 e. The number of aromatic nitrogens is 1. The smallest absolute Gasteiger partial charge is 0.332 e. The van der Waals surface area contributed by atoms with Crippen molar-refractivity contribution in [3.8, 4) is 22.8 Å². The van der Waals surface area contributed by atoms with E-state index in [1.54, 1.807) is 6.20 Å². The molecule has 2 aromatic carbocycles. The van der Waals surface area contributed by atoms with Crippen molar-refractivity contribution in [1.29, 1.82) is 0 Å². The Morgan fingerprint density at radius 2 is 1.87 bits per heavy atom. The van der Waals surface area contributed by atoms with Crippen molar-refractivity contribution in [3.63, 3.8) is 0 Å². The molecule has 1 heterocycles. The molecule has 5 heteroatoms. The van der Waals surface area contributed by atoms with Gasteiger partial charge in [0.25, 0.3) is 0 Å². The number of aliphatic carboxylic acids is 1. The van der Waals surface area contributed by atoms with E-state index in [9.17, 15) is 9.90 Å². The predicted octanol–water partition coefficient (Wildman–Crippen LogP) is 5.32. The van der Waals surface area contributed by atoms with Crippen LogP contribution in [0.25, 0.3) is 16.8 Å². The summed E-state index contributed by atoms with van der Waals surface area (Å²) in [5, 5.41) is 9.84. The van der Waals surface area contributed by atoms with Gasteiger partial charge in [-0.25, -0.2) is 4.79 Å². The molecule has 158 valence electrons. The Morgan fingerprint density at radius 3 is 2.61 bits per heavy atom. The van der Waals surface area contributed by atoms with Gasteiger partial charge in [-0.05, 0) is 60.9 Å². The van der Waals surface area contributed by atoms with Crippen molar-refractivity contribution in [1.82, 2.24) is 4.98 Å². The molecule has 0 saturated carbocycles. The van der Waals surface area contributed by atoms with E-state index < -0.39 is 5.97 Å². The van der Waals surface area contributed by atoms with E-state index >= 15 is 0 Å². The van der Waals surface area contributed by atoms with Crippen LogP contribution in [0.1, 0.15) is 30.0 Å². The van der Waals surface area contributed by atoms with Gasteiger partial charge in [-0.3, -0.25) is 4.98 Å². The molecule has 4 rings (SSSR count). The van der Waals surface area contributed by atoms with Gasteiger partial charge in [0, 0.05) is 30.2 Å². The summed E-state index contributed by atoms with van der Waals surface area (Å²) in [6, 6.07) is 17.5. The number of carboxylic acid groups (broad SMARTS) is 1. The van der Waals surface area contributed by atoms with Gasteiger partial charge < -0.3 is 14.6 Å². The molecule has 0 bridgehead atoms. The number of hydrogen-bond donors (Lipinski definition) is 1. The van der Waals surface area contributed by atoms with Crippen molar-refractivity contribution in [2.24, 2.45) is 0 Å². The second kappa shape index (κ2) is 9.04. The van der Waals surface area contributed by atoms with Crippen LogP contribution in [0.2, 0.25) is 0 Å². The number of carboxylic acids is 1. The number of rotatable bonds is 8. The second-order valence-electron chi connectivity index (χ2n) is 7.50. The van der Waals surface area contributed by atoms with Gasteiger partial charge in [-0.15, -0.1) is 0 Å². The molecule has 1 aliphatic rings. The fraction of sp³-hybridized carbons (Fsp3) is 0.231. The van der Waals surface area contributed by atoms with E-state index in [2.05, 4.69) is 4.98 Å². The van der Waals surface area contributed by atoms with Crippen molar-refractivity contribution in [3.05, 3.63) is 83.1 Å². The molecule has 1 N–H and O–H groups in total. The van der Waals surface area contributed by atoms with Crippen LogP contribution in [-0.4, -0.2) is 29.3 Å². The Morgan fingerprint density at radius 1 is 1.06 bits per heavy atom. The lowest BCUT2D eigenvalue weighted by atomic mass is 9.99. The van der Waals surface area contributed by atoms with E-state index in [4.69, 9.17) is 9.47 Å². The summed E-state index contributed by atoms with van der Waals surface area (Å²) in [6.45, 7) is 4.96. The van der Waals surface area contributed by atoms with E-state index in [1.807, 2.05) is 68.4 Å². The van der Waals surface area contributed by atoms with E-state index in [1.165, 1.54) is 5.56 Å². The lowest BCUT2D eigenvalue weighted by Gasteiger charge is -2.12. The minimum absolute atomic E-state index is 0.354. The van der Waals surface area contributed by atoms with E-state index in [0.29, 0.717) is 31.6 Å². The second-order valence-corrected chi connectivity index (χ2v) is 7.50. The zero-order chi connectivity index (χ0) is 21.8. The molecule has 0 amide bonds. The number of carbonyl (C=O) groups is 1. The van der Waals surface area contributed by atoms with E-state index in [-0.39, 0.29) is 0 Å². The first-order valence-electron chi connectivity index (χ1n) is 10.4. The summed E-state index contributed by atoms with van der Waals surface area (Å²) in [5.41, 5.74) is 6.01. The molecule has 0 atom stereocenters. The normalized spacial score (nSPS) is 12.6. The van der Waals surface area contributed by atoms with Crippen molar-refractivity contribution in [2.45, 2.75) is 26.7 Å². The average Bonchev–Trinajstić information content (AvgIpc) is 3.15. The first kappa shape index (κ1) is 20.7. The summed E-state index contributed by atoms with van der Waals surface area (Å²) >= 11 is 0. The first-order valence-corrected chi connectivity index (χ1v) is 10.4. The molecular formula is C26H25NO4. The number of fused-ring (bicyclic) bond motifs is 1. The Kier molecular flexibility index (Phi) is 6.03. The predicted molar refractivity (Wildman–Crippen MR) is 120 cm³/mol. The Labute approximate surface area is 182 Å². The number of aryl methyl sites for hydroxylation is 1. The third-order valence-electron chi connectivity index (χ3n) is 5.42. The van der Waals surface area contributed by atoms with Crippen LogP contribution in [0.4, 0.5) is 0 Å². The number of benzene rings is 2. The molecule has 0 unspecified atom stereocenters. The monoisotopic (exact) mass is 415 g/mol. The maximum Gasteiger partial charge on any atom is 0.332 e. The fourth-order valence-corrected chi connectivity index (χ4v) is 3.94. The SMILES string of the molecule is CCOc1cccc(-c2nccc3c2CC(C(=O)O)=C3CCOc2ccc(C)cc2)c1. The van der Waals surface area contributed by atoms with Crippen LogP contribution in [-0.2, 0) is 11.2 Å². The Hall–Kier alpha value is -3.60. The molecule has 3 aromatic rings. The fourth-order valence-electron chi connectivity index (χ4n) is 3.94. The molecule has 0 spiro atoms. The highest BCUT2D eigenvalue weighted by molar-refractivity contribution is 6.01. The minimum Gasteiger partial charge on any atom is -0.494 e. The van der Waals surface area contributed by atoms with Gasteiger partial charge in [0.15, 0.2) is 0 Å². The minimum atomic E-state index is -0.893. The standard InChI is InChI=1S/C26H25NO4/c1-3-30-20-6-4-5-18(15-20)25-23-16-24(26(28)29)22(21(23)11-13-27-25)12-14-31-19-9-7-17(2)8-10-19/h4-11,13,15H,3,12,14,16H2,1-2H3,(H,28,29). The summed E-state index contributed by atoms with van der Waals surface area (Å²) in [4.78, 5) is 16.6. The quantitative estimate of drug-likeness (QED) is 0.539. The summed E-state index contributed by atoms with van der Waals surface area (Å²) in [7, 11) is 0.